The highest BCUT2D eigenvalue weighted by Gasteiger charge is 2.34. The van der Waals surface area contributed by atoms with Crippen molar-refractivity contribution in [1.29, 1.82) is 0 Å². The van der Waals surface area contributed by atoms with Crippen LogP contribution in [0.2, 0.25) is 0 Å². The molecule has 1 heterocycles. The van der Waals surface area contributed by atoms with E-state index in [1.807, 2.05) is 13.8 Å². The van der Waals surface area contributed by atoms with Gasteiger partial charge in [-0.3, -0.25) is 0 Å². The van der Waals surface area contributed by atoms with Crippen molar-refractivity contribution >= 4 is 11.9 Å². The average Bonchev–Trinajstić information content (AvgIpc) is 2.85. The first-order valence-electron chi connectivity index (χ1n) is 14.8. The van der Waals surface area contributed by atoms with Gasteiger partial charge in [0.2, 0.25) is 0 Å². The highest BCUT2D eigenvalue weighted by Crippen LogP contribution is 2.44. The molecule has 0 fully saturated rings. The van der Waals surface area contributed by atoms with E-state index in [-0.39, 0.29) is 5.60 Å². The lowest BCUT2D eigenvalue weighted by molar-refractivity contribution is -0.134. The lowest BCUT2D eigenvalue weighted by Gasteiger charge is -2.38. The van der Waals surface area contributed by atoms with E-state index in [1.54, 1.807) is 0 Å². The zero-order chi connectivity index (χ0) is 29.8. The quantitative estimate of drug-likeness (QED) is 0.202. The monoisotopic (exact) mass is 546 g/mol. The molecule has 0 saturated heterocycles. The molecule has 1 aliphatic heterocycles. The Hall–Kier alpha value is -2.50. The molecule has 0 radical (unpaired) electrons. The molecule has 0 aromatic heterocycles. The van der Waals surface area contributed by atoms with Gasteiger partial charge in [0.25, 0.3) is 0 Å². The predicted octanol–water partition coefficient (Wildman–Crippen LogP) is 8.55. The summed E-state index contributed by atoms with van der Waals surface area (Å²) in [6.45, 7) is 17.9. The Bertz CT molecular complexity index is 948. The van der Waals surface area contributed by atoms with E-state index in [2.05, 4.69) is 41.5 Å². The molecular weight excluding hydrogens is 492 g/mol. The molecule has 1 aromatic rings. The lowest BCUT2D eigenvalue weighted by atomic mass is 9.84. The van der Waals surface area contributed by atoms with Gasteiger partial charge in [-0.15, -0.1) is 0 Å². The van der Waals surface area contributed by atoms with E-state index in [9.17, 15) is 14.7 Å². The molecule has 39 heavy (non-hydrogen) atoms. The number of fused-ring (bicyclic) bond motifs is 1. The minimum atomic E-state index is -1.26. The molecule has 2 rings (SSSR count). The molecule has 6 heteroatoms. The third-order valence-corrected chi connectivity index (χ3v) is 8.24. The summed E-state index contributed by atoms with van der Waals surface area (Å²) in [7, 11) is 0. The second-order valence-corrected chi connectivity index (χ2v) is 12.5. The zero-order valence-corrected chi connectivity index (χ0v) is 25.7. The van der Waals surface area contributed by atoms with Crippen molar-refractivity contribution in [2.45, 2.75) is 132 Å². The molecule has 0 spiro atoms. The number of phenolic OH excluding ortho intramolecular Hbond substituents is 1. The summed E-state index contributed by atoms with van der Waals surface area (Å²) in [6, 6.07) is 0. The maximum atomic E-state index is 10.4. The molecule has 2 unspecified atom stereocenters. The summed E-state index contributed by atoms with van der Waals surface area (Å²) < 4.78 is 6.60. The van der Waals surface area contributed by atoms with Gasteiger partial charge in [0.05, 0.1) is 0 Å². The Morgan fingerprint density at radius 2 is 1.31 bits per heavy atom. The third-order valence-electron chi connectivity index (χ3n) is 8.24. The summed E-state index contributed by atoms with van der Waals surface area (Å²) >= 11 is 0. The van der Waals surface area contributed by atoms with Gasteiger partial charge in [-0.1, -0.05) is 72.6 Å². The Kier molecular flexibility index (Phi) is 14.7. The molecule has 222 valence electrons. The predicted molar refractivity (Wildman–Crippen MR) is 159 cm³/mol. The SMILES string of the molecule is Cc1c(C)c2c(c(C)c1O)CC[C@@](C)(CCCC(C)CCCC(C)CCCC(C)C)O2.O=C(O)/C=C/C(=O)O. The van der Waals surface area contributed by atoms with Gasteiger partial charge in [0.15, 0.2) is 0 Å². The first-order valence-corrected chi connectivity index (χ1v) is 14.8. The normalized spacial score (nSPS) is 18.2. The smallest absolute Gasteiger partial charge is 0.328 e. The second kappa shape index (κ2) is 16.6. The van der Waals surface area contributed by atoms with Gasteiger partial charge in [-0.2, -0.15) is 0 Å². The minimum Gasteiger partial charge on any atom is -0.507 e. The van der Waals surface area contributed by atoms with Crippen molar-refractivity contribution in [3.8, 4) is 11.5 Å². The molecule has 3 N–H and O–H groups in total. The molecule has 0 bridgehead atoms. The van der Waals surface area contributed by atoms with Crippen LogP contribution in [0.1, 0.15) is 121 Å². The van der Waals surface area contributed by atoms with Crippen molar-refractivity contribution in [3.05, 3.63) is 34.4 Å². The summed E-state index contributed by atoms with van der Waals surface area (Å²) in [4.78, 5) is 19.1. The standard InChI is InChI=1S/C29H50O2.C4H4O4/c1-20(2)12-9-13-21(3)14-10-15-22(4)16-11-18-29(8)19-17-26-25(7)27(30)23(5)24(6)28(26)31-29;5-3(6)1-2-4(7)8/h20-22,30H,9-19H2,1-8H3;1-2H,(H,5,6)(H,7,8)/b;2-1+/t21?,22?,29-;/m1./s1. The van der Waals surface area contributed by atoms with Crippen LogP contribution in [0.3, 0.4) is 0 Å². The number of carboxylic acid groups (broad SMARTS) is 2. The first kappa shape index (κ1) is 34.5. The van der Waals surface area contributed by atoms with Crippen molar-refractivity contribution in [2.24, 2.45) is 17.8 Å². The summed E-state index contributed by atoms with van der Waals surface area (Å²) in [5.41, 5.74) is 4.23. The Balaban J connectivity index is 0.000000824. The Morgan fingerprint density at radius 3 is 1.79 bits per heavy atom. The molecule has 1 aliphatic rings. The number of phenols is 1. The molecular formula is C33H54O6. The van der Waals surface area contributed by atoms with Gasteiger partial charge >= 0.3 is 11.9 Å². The zero-order valence-electron chi connectivity index (χ0n) is 25.7. The second-order valence-electron chi connectivity index (χ2n) is 12.5. The third kappa shape index (κ3) is 12.5. The molecule has 0 saturated carbocycles. The summed E-state index contributed by atoms with van der Waals surface area (Å²) in [6.07, 6.45) is 15.2. The van der Waals surface area contributed by atoms with Crippen LogP contribution in [0.5, 0.6) is 11.5 Å². The number of benzene rings is 1. The van der Waals surface area contributed by atoms with Gasteiger partial charge in [-0.25, -0.2) is 9.59 Å². The fourth-order valence-electron chi connectivity index (χ4n) is 5.42. The average molecular weight is 547 g/mol. The van der Waals surface area contributed by atoms with Gasteiger partial charge in [0, 0.05) is 17.7 Å². The summed E-state index contributed by atoms with van der Waals surface area (Å²) in [5.74, 6) is 1.52. The van der Waals surface area contributed by atoms with Gasteiger partial charge < -0.3 is 20.1 Å². The maximum absolute atomic E-state index is 10.4. The molecule has 1 aromatic carbocycles. The van der Waals surface area contributed by atoms with Crippen molar-refractivity contribution < 1.29 is 29.6 Å². The van der Waals surface area contributed by atoms with E-state index in [4.69, 9.17) is 14.9 Å². The number of ether oxygens (including phenoxy) is 1. The number of rotatable bonds is 14. The fourth-order valence-corrected chi connectivity index (χ4v) is 5.42. The maximum Gasteiger partial charge on any atom is 0.328 e. The van der Waals surface area contributed by atoms with Crippen LogP contribution >= 0.6 is 0 Å². The molecule has 6 nitrogen and oxygen atoms in total. The minimum absolute atomic E-state index is 0.0712. The van der Waals surface area contributed by atoms with Crippen molar-refractivity contribution in [1.82, 2.24) is 0 Å². The number of carbonyl (C=O) groups is 2. The number of hydrogen-bond donors (Lipinski definition) is 3. The summed E-state index contributed by atoms with van der Waals surface area (Å²) in [5, 5.41) is 26.0. The van der Waals surface area contributed by atoms with E-state index in [1.165, 1.54) is 56.9 Å². The molecule has 0 amide bonds. The van der Waals surface area contributed by atoms with Crippen LogP contribution in [0.4, 0.5) is 0 Å². The van der Waals surface area contributed by atoms with Crippen molar-refractivity contribution in [2.75, 3.05) is 0 Å². The van der Waals surface area contributed by atoms with Crippen LogP contribution in [-0.4, -0.2) is 32.9 Å². The lowest BCUT2D eigenvalue weighted by Crippen LogP contribution is -2.37. The Morgan fingerprint density at radius 1 is 0.821 bits per heavy atom. The molecule has 3 atom stereocenters. The highest BCUT2D eigenvalue weighted by molar-refractivity contribution is 5.89. The van der Waals surface area contributed by atoms with Crippen LogP contribution in [0.15, 0.2) is 12.2 Å². The van der Waals surface area contributed by atoms with Gasteiger partial charge in [-0.05, 0) is 87.8 Å². The van der Waals surface area contributed by atoms with E-state index in [0.717, 1.165) is 59.5 Å². The Labute approximate surface area is 236 Å². The van der Waals surface area contributed by atoms with E-state index >= 15 is 0 Å². The van der Waals surface area contributed by atoms with Crippen LogP contribution in [0.25, 0.3) is 0 Å². The number of aliphatic carboxylic acids is 2. The van der Waals surface area contributed by atoms with Crippen LogP contribution in [0, 0.1) is 38.5 Å². The first-order chi connectivity index (χ1) is 18.2. The topological polar surface area (TPSA) is 104 Å². The van der Waals surface area contributed by atoms with Crippen LogP contribution in [-0.2, 0) is 16.0 Å². The van der Waals surface area contributed by atoms with Crippen molar-refractivity contribution in [3.63, 3.8) is 0 Å². The number of carboxylic acids is 2. The number of hydrogen-bond acceptors (Lipinski definition) is 4. The largest absolute Gasteiger partial charge is 0.507 e. The fraction of sp³-hybridized carbons (Fsp3) is 0.697. The highest BCUT2D eigenvalue weighted by atomic mass is 16.5. The van der Waals surface area contributed by atoms with E-state index in [0.29, 0.717) is 17.9 Å². The number of aromatic hydroxyl groups is 1. The molecule has 0 aliphatic carbocycles. The van der Waals surface area contributed by atoms with E-state index < -0.39 is 11.9 Å². The van der Waals surface area contributed by atoms with Gasteiger partial charge in [0.1, 0.15) is 17.1 Å². The van der Waals surface area contributed by atoms with Crippen LogP contribution < -0.4 is 4.74 Å².